The first-order chi connectivity index (χ1) is 7.20. The fourth-order valence-corrected chi connectivity index (χ4v) is 1.86. The monoisotopic (exact) mass is 208 g/mol. The standard InChI is InChI=1S/C9H16N6/c1-12-6-2-3-15(5-6)7-4-13-9(11)14-8(7)10/h4,6,12H,2-3,5H2,1H3,(H4,10,11,13,14)/t6-/m1/s1. The van der Waals surface area contributed by atoms with Crippen LogP contribution < -0.4 is 21.7 Å². The Labute approximate surface area is 88.7 Å². The van der Waals surface area contributed by atoms with Crippen LogP contribution in [0.3, 0.4) is 0 Å². The van der Waals surface area contributed by atoms with Crippen LogP contribution in [0.5, 0.6) is 0 Å². The highest BCUT2D eigenvalue weighted by molar-refractivity contribution is 5.63. The van der Waals surface area contributed by atoms with E-state index in [-0.39, 0.29) is 5.95 Å². The Morgan fingerprint density at radius 1 is 1.53 bits per heavy atom. The van der Waals surface area contributed by atoms with Crippen LogP contribution in [0, 0.1) is 0 Å². The first-order valence-electron chi connectivity index (χ1n) is 5.01. The first kappa shape index (κ1) is 9.97. The van der Waals surface area contributed by atoms with Gasteiger partial charge in [-0.25, -0.2) is 4.98 Å². The molecule has 1 aromatic heterocycles. The maximum absolute atomic E-state index is 5.79. The summed E-state index contributed by atoms with van der Waals surface area (Å²) in [4.78, 5) is 10.1. The molecule has 1 aromatic rings. The largest absolute Gasteiger partial charge is 0.382 e. The van der Waals surface area contributed by atoms with Crippen LogP contribution in [0.1, 0.15) is 6.42 Å². The number of nitrogens with one attached hydrogen (secondary N) is 1. The van der Waals surface area contributed by atoms with Gasteiger partial charge in [0.15, 0.2) is 5.82 Å². The molecule has 0 bridgehead atoms. The summed E-state index contributed by atoms with van der Waals surface area (Å²) in [6, 6.07) is 0.516. The Morgan fingerprint density at radius 3 is 2.93 bits per heavy atom. The molecule has 0 unspecified atom stereocenters. The minimum atomic E-state index is 0.223. The van der Waals surface area contributed by atoms with Crippen molar-refractivity contribution in [3.63, 3.8) is 0 Å². The molecular weight excluding hydrogens is 192 g/mol. The van der Waals surface area contributed by atoms with Crippen molar-refractivity contribution in [2.24, 2.45) is 0 Å². The van der Waals surface area contributed by atoms with E-state index < -0.39 is 0 Å². The highest BCUT2D eigenvalue weighted by Crippen LogP contribution is 2.24. The fourth-order valence-electron chi connectivity index (χ4n) is 1.86. The second-order valence-electron chi connectivity index (χ2n) is 3.72. The smallest absolute Gasteiger partial charge is 0.222 e. The minimum Gasteiger partial charge on any atom is -0.382 e. The predicted octanol–water partition coefficient (Wildman–Crippen LogP) is -0.561. The van der Waals surface area contributed by atoms with Crippen molar-refractivity contribution in [1.29, 1.82) is 0 Å². The molecule has 0 saturated carbocycles. The summed E-state index contributed by atoms with van der Waals surface area (Å²) in [5.74, 6) is 0.680. The molecule has 1 saturated heterocycles. The van der Waals surface area contributed by atoms with Crippen molar-refractivity contribution in [2.75, 3.05) is 36.5 Å². The lowest BCUT2D eigenvalue weighted by Crippen LogP contribution is -2.30. The van der Waals surface area contributed by atoms with Gasteiger partial charge in [0.05, 0.1) is 11.9 Å². The third-order valence-electron chi connectivity index (χ3n) is 2.75. The van der Waals surface area contributed by atoms with Crippen LogP contribution in [0.25, 0.3) is 0 Å². The Kier molecular flexibility index (Phi) is 2.59. The lowest BCUT2D eigenvalue weighted by molar-refractivity contribution is 0.617. The van der Waals surface area contributed by atoms with Crippen molar-refractivity contribution in [3.8, 4) is 0 Å². The molecule has 15 heavy (non-hydrogen) atoms. The zero-order valence-electron chi connectivity index (χ0n) is 8.77. The Morgan fingerprint density at radius 2 is 2.33 bits per heavy atom. The summed E-state index contributed by atoms with van der Waals surface area (Å²) in [7, 11) is 1.97. The van der Waals surface area contributed by atoms with E-state index in [4.69, 9.17) is 11.5 Å². The second kappa shape index (κ2) is 3.90. The molecule has 0 aliphatic carbocycles. The van der Waals surface area contributed by atoms with Gasteiger partial charge in [0, 0.05) is 19.1 Å². The van der Waals surface area contributed by atoms with Crippen LogP contribution in [0.15, 0.2) is 6.20 Å². The van der Waals surface area contributed by atoms with Gasteiger partial charge < -0.3 is 21.7 Å². The molecule has 2 rings (SSSR count). The van der Waals surface area contributed by atoms with E-state index >= 15 is 0 Å². The van der Waals surface area contributed by atoms with Crippen LogP contribution in [0.2, 0.25) is 0 Å². The molecule has 2 heterocycles. The van der Waals surface area contributed by atoms with Crippen LogP contribution in [0.4, 0.5) is 17.5 Å². The molecule has 0 aromatic carbocycles. The van der Waals surface area contributed by atoms with E-state index in [0.717, 1.165) is 25.2 Å². The van der Waals surface area contributed by atoms with Crippen LogP contribution >= 0.6 is 0 Å². The Bertz CT molecular complexity index is 352. The summed E-state index contributed by atoms with van der Waals surface area (Å²) in [5, 5.41) is 3.25. The number of likely N-dealkylation sites (N-methyl/N-ethyl adjacent to an activating group) is 1. The van der Waals surface area contributed by atoms with Crippen LogP contribution in [-0.2, 0) is 0 Å². The molecule has 0 radical (unpaired) electrons. The number of nitrogen functional groups attached to an aromatic ring is 2. The number of anilines is 3. The summed E-state index contributed by atoms with van der Waals surface area (Å²) in [6.45, 7) is 1.91. The second-order valence-corrected chi connectivity index (χ2v) is 3.72. The zero-order chi connectivity index (χ0) is 10.8. The predicted molar refractivity (Wildman–Crippen MR) is 60.5 cm³/mol. The first-order valence-corrected chi connectivity index (χ1v) is 5.01. The number of nitrogens with two attached hydrogens (primary N) is 2. The molecule has 0 spiro atoms. The number of nitrogens with zero attached hydrogens (tertiary/aromatic N) is 3. The highest BCUT2D eigenvalue weighted by atomic mass is 15.2. The summed E-state index contributed by atoms with van der Waals surface area (Å²) in [6.07, 6.45) is 2.80. The van der Waals surface area contributed by atoms with Crippen molar-refractivity contribution >= 4 is 17.5 Å². The quantitative estimate of drug-likeness (QED) is 0.603. The average molecular weight is 208 g/mol. The number of rotatable bonds is 2. The average Bonchev–Trinajstić information content (AvgIpc) is 2.66. The van der Waals surface area contributed by atoms with Gasteiger partial charge in [-0.15, -0.1) is 0 Å². The van der Waals surface area contributed by atoms with Gasteiger partial charge in [0.2, 0.25) is 5.95 Å². The lowest BCUT2D eigenvalue weighted by atomic mass is 10.3. The molecule has 1 atom stereocenters. The van der Waals surface area contributed by atoms with E-state index in [1.807, 2.05) is 7.05 Å². The summed E-state index contributed by atoms with van der Waals surface area (Å²) in [5.41, 5.74) is 12.1. The van der Waals surface area contributed by atoms with E-state index in [1.54, 1.807) is 6.20 Å². The lowest BCUT2D eigenvalue weighted by Gasteiger charge is -2.19. The van der Waals surface area contributed by atoms with Gasteiger partial charge >= 0.3 is 0 Å². The molecule has 82 valence electrons. The van der Waals surface area contributed by atoms with Crippen molar-refractivity contribution in [2.45, 2.75) is 12.5 Å². The third-order valence-corrected chi connectivity index (χ3v) is 2.75. The molecule has 6 heteroatoms. The number of aromatic nitrogens is 2. The summed E-state index contributed by atoms with van der Waals surface area (Å²) < 4.78 is 0. The van der Waals surface area contributed by atoms with E-state index in [2.05, 4.69) is 20.2 Å². The molecule has 1 aliphatic rings. The molecule has 6 nitrogen and oxygen atoms in total. The third kappa shape index (κ3) is 1.94. The van der Waals surface area contributed by atoms with Crippen LogP contribution in [-0.4, -0.2) is 36.1 Å². The Balaban J connectivity index is 2.17. The molecule has 5 N–H and O–H groups in total. The van der Waals surface area contributed by atoms with E-state index in [9.17, 15) is 0 Å². The highest BCUT2D eigenvalue weighted by Gasteiger charge is 2.23. The fraction of sp³-hybridized carbons (Fsp3) is 0.556. The van der Waals surface area contributed by atoms with Gasteiger partial charge in [0.1, 0.15) is 0 Å². The number of hydrogen-bond acceptors (Lipinski definition) is 6. The van der Waals surface area contributed by atoms with Crippen molar-refractivity contribution < 1.29 is 0 Å². The zero-order valence-corrected chi connectivity index (χ0v) is 8.77. The van der Waals surface area contributed by atoms with Crippen molar-refractivity contribution in [1.82, 2.24) is 15.3 Å². The molecule has 1 aliphatic heterocycles. The van der Waals surface area contributed by atoms with Gasteiger partial charge in [-0.3, -0.25) is 0 Å². The van der Waals surface area contributed by atoms with Gasteiger partial charge in [-0.1, -0.05) is 0 Å². The van der Waals surface area contributed by atoms with E-state index in [0.29, 0.717) is 11.9 Å². The normalized spacial score (nSPS) is 20.9. The van der Waals surface area contributed by atoms with E-state index in [1.165, 1.54) is 0 Å². The maximum Gasteiger partial charge on any atom is 0.222 e. The van der Waals surface area contributed by atoms with Gasteiger partial charge in [-0.05, 0) is 13.5 Å². The Hall–Kier alpha value is -1.56. The molecule has 0 amide bonds. The SMILES string of the molecule is CN[C@@H]1CCN(c2cnc(N)nc2N)C1. The summed E-state index contributed by atoms with van der Waals surface area (Å²) >= 11 is 0. The van der Waals surface area contributed by atoms with Gasteiger partial charge in [-0.2, -0.15) is 4.98 Å². The van der Waals surface area contributed by atoms with Crippen molar-refractivity contribution in [3.05, 3.63) is 6.20 Å². The molecular formula is C9H16N6. The van der Waals surface area contributed by atoms with Gasteiger partial charge in [0.25, 0.3) is 0 Å². The topological polar surface area (TPSA) is 93.1 Å². The number of hydrogen-bond donors (Lipinski definition) is 3. The maximum atomic E-state index is 5.79. The minimum absolute atomic E-state index is 0.223. The molecule has 1 fully saturated rings.